The molecule has 0 spiro atoms. The number of alkyl halides is 1. The number of nitriles is 1. The predicted octanol–water partition coefficient (Wildman–Crippen LogP) is 3.55. The van der Waals surface area contributed by atoms with Crippen LogP contribution >= 0.6 is 11.6 Å². The lowest BCUT2D eigenvalue weighted by Gasteiger charge is -2.25. The molecule has 0 saturated heterocycles. The van der Waals surface area contributed by atoms with Gasteiger partial charge in [-0.2, -0.15) is 5.26 Å². The second-order valence-corrected chi connectivity index (χ2v) is 4.48. The highest BCUT2D eigenvalue weighted by Gasteiger charge is 2.28. The van der Waals surface area contributed by atoms with E-state index in [0.717, 1.165) is 11.1 Å². The molecule has 0 bridgehead atoms. The summed E-state index contributed by atoms with van der Waals surface area (Å²) < 4.78 is 5.53. The minimum Gasteiger partial charge on any atom is -0.355 e. The quantitative estimate of drug-likeness (QED) is 0.775. The molecule has 0 saturated carbocycles. The molecule has 1 aromatic carbocycles. The number of benzene rings is 1. The Labute approximate surface area is 112 Å². The number of hydrogen-bond acceptors (Lipinski definition) is 2. The predicted molar refractivity (Wildman–Crippen MR) is 73.2 cm³/mol. The standard InChI is InChI=1S/C15H14ClNO/c16-10-11-18-15(12-17)8-6-14(7-9-15)13-4-2-1-3-5-13/h1-8H,9-11H2. The van der Waals surface area contributed by atoms with Gasteiger partial charge in [0.1, 0.15) is 6.07 Å². The first-order valence-corrected chi connectivity index (χ1v) is 6.39. The van der Waals surface area contributed by atoms with E-state index in [2.05, 4.69) is 18.2 Å². The van der Waals surface area contributed by atoms with Crippen molar-refractivity contribution in [3.05, 3.63) is 54.1 Å². The second kappa shape index (κ2) is 5.86. The monoisotopic (exact) mass is 259 g/mol. The van der Waals surface area contributed by atoms with Crippen molar-refractivity contribution in [1.29, 1.82) is 5.26 Å². The summed E-state index contributed by atoms with van der Waals surface area (Å²) in [6, 6.07) is 12.3. The van der Waals surface area contributed by atoms with E-state index in [1.165, 1.54) is 0 Å². The maximum atomic E-state index is 9.23. The SMILES string of the molecule is N#CC1(OCCCl)C=CC(c2ccccc2)=CC1. The first kappa shape index (κ1) is 12.9. The minimum absolute atomic E-state index is 0.383. The van der Waals surface area contributed by atoms with Crippen LogP contribution in [-0.2, 0) is 4.74 Å². The van der Waals surface area contributed by atoms with Crippen molar-refractivity contribution in [3.63, 3.8) is 0 Å². The molecule has 0 radical (unpaired) electrons. The van der Waals surface area contributed by atoms with Crippen LogP contribution in [-0.4, -0.2) is 18.1 Å². The first-order valence-electron chi connectivity index (χ1n) is 5.86. The normalized spacial score (nSPS) is 22.3. The zero-order chi connectivity index (χ0) is 12.8. The van der Waals surface area contributed by atoms with E-state index in [9.17, 15) is 5.26 Å². The molecule has 1 aliphatic carbocycles. The number of nitrogens with zero attached hydrogens (tertiary/aromatic N) is 1. The Hall–Kier alpha value is -1.56. The zero-order valence-corrected chi connectivity index (χ0v) is 10.7. The number of hydrogen-bond donors (Lipinski definition) is 0. The fourth-order valence-electron chi connectivity index (χ4n) is 1.91. The summed E-state index contributed by atoms with van der Waals surface area (Å²) in [5, 5.41) is 9.23. The summed E-state index contributed by atoms with van der Waals surface area (Å²) >= 11 is 5.59. The van der Waals surface area contributed by atoms with Crippen LogP contribution in [0.5, 0.6) is 0 Å². The molecule has 1 unspecified atom stereocenters. The number of halogens is 1. The molecule has 0 aromatic heterocycles. The minimum atomic E-state index is -0.854. The Morgan fingerprint density at radius 1 is 1.33 bits per heavy atom. The van der Waals surface area contributed by atoms with Gasteiger partial charge < -0.3 is 4.74 Å². The van der Waals surface area contributed by atoms with Crippen molar-refractivity contribution < 1.29 is 4.74 Å². The third-order valence-corrected chi connectivity index (χ3v) is 3.04. The van der Waals surface area contributed by atoms with Crippen LogP contribution in [0.25, 0.3) is 5.57 Å². The van der Waals surface area contributed by atoms with E-state index < -0.39 is 5.60 Å². The van der Waals surface area contributed by atoms with Crippen LogP contribution in [0.15, 0.2) is 48.6 Å². The third kappa shape index (κ3) is 2.81. The smallest absolute Gasteiger partial charge is 0.176 e. The largest absolute Gasteiger partial charge is 0.355 e. The fourth-order valence-corrected chi connectivity index (χ4v) is 1.99. The molecule has 2 rings (SSSR count). The van der Waals surface area contributed by atoms with Gasteiger partial charge >= 0.3 is 0 Å². The Morgan fingerprint density at radius 3 is 2.67 bits per heavy atom. The van der Waals surface area contributed by atoms with Gasteiger partial charge in [0.25, 0.3) is 0 Å². The van der Waals surface area contributed by atoms with E-state index in [0.29, 0.717) is 18.9 Å². The molecule has 0 amide bonds. The Balaban J connectivity index is 2.13. The summed E-state index contributed by atoms with van der Waals surface area (Å²) in [6.45, 7) is 0.383. The highest BCUT2D eigenvalue weighted by Crippen LogP contribution is 2.29. The Kier molecular flexibility index (Phi) is 4.19. The maximum absolute atomic E-state index is 9.23. The molecular weight excluding hydrogens is 246 g/mol. The second-order valence-electron chi connectivity index (χ2n) is 4.10. The lowest BCUT2D eigenvalue weighted by molar-refractivity contribution is 0.0454. The number of rotatable bonds is 4. The number of ether oxygens (including phenoxy) is 1. The summed E-state index contributed by atoms with van der Waals surface area (Å²) in [5.74, 6) is 0.395. The van der Waals surface area contributed by atoms with Gasteiger partial charge in [-0.05, 0) is 17.2 Å². The van der Waals surface area contributed by atoms with Crippen LogP contribution in [0, 0.1) is 11.3 Å². The average molecular weight is 260 g/mol. The molecular formula is C15H14ClNO. The van der Waals surface area contributed by atoms with Gasteiger partial charge in [0.15, 0.2) is 5.60 Å². The van der Waals surface area contributed by atoms with Crippen molar-refractivity contribution in [2.45, 2.75) is 12.0 Å². The van der Waals surface area contributed by atoms with Crippen LogP contribution < -0.4 is 0 Å². The Morgan fingerprint density at radius 2 is 2.11 bits per heavy atom. The van der Waals surface area contributed by atoms with Crippen molar-refractivity contribution in [3.8, 4) is 6.07 Å². The summed E-state index contributed by atoms with van der Waals surface area (Å²) in [6.07, 6.45) is 6.35. The molecule has 2 nitrogen and oxygen atoms in total. The van der Waals surface area contributed by atoms with Crippen molar-refractivity contribution in [2.24, 2.45) is 0 Å². The van der Waals surface area contributed by atoms with E-state index >= 15 is 0 Å². The highest BCUT2D eigenvalue weighted by molar-refractivity contribution is 6.17. The molecule has 0 N–H and O–H groups in total. The molecule has 3 heteroatoms. The van der Waals surface area contributed by atoms with Crippen molar-refractivity contribution >= 4 is 17.2 Å². The van der Waals surface area contributed by atoms with E-state index in [1.54, 1.807) is 0 Å². The van der Waals surface area contributed by atoms with Gasteiger partial charge in [0.2, 0.25) is 0 Å². The Bertz CT molecular complexity index is 501. The van der Waals surface area contributed by atoms with Gasteiger partial charge in [-0.15, -0.1) is 11.6 Å². The molecule has 0 fully saturated rings. The molecule has 1 aliphatic rings. The first-order chi connectivity index (χ1) is 8.79. The lowest BCUT2D eigenvalue weighted by atomic mass is 9.90. The van der Waals surface area contributed by atoms with Gasteiger partial charge in [-0.1, -0.05) is 42.5 Å². The summed E-state index contributed by atoms with van der Waals surface area (Å²) in [7, 11) is 0. The molecule has 1 atom stereocenters. The van der Waals surface area contributed by atoms with Gasteiger partial charge in [0.05, 0.1) is 6.61 Å². The van der Waals surface area contributed by atoms with Gasteiger partial charge in [-0.3, -0.25) is 0 Å². The lowest BCUT2D eigenvalue weighted by Crippen LogP contribution is -2.30. The van der Waals surface area contributed by atoms with Gasteiger partial charge in [0, 0.05) is 12.3 Å². The average Bonchev–Trinajstić information content (AvgIpc) is 2.47. The molecule has 92 valence electrons. The van der Waals surface area contributed by atoms with Crippen LogP contribution in [0.4, 0.5) is 0 Å². The summed E-state index contributed by atoms with van der Waals surface area (Å²) in [5.41, 5.74) is 1.42. The number of allylic oxidation sites excluding steroid dienone is 2. The highest BCUT2D eigenvalue weighted by atomic mass is 35.5. The van der Waals surface area contributed by atoms with Crippen molar-refractivity contribution in [1.82, 2.24) is 0 Å². The van der Waals surface area contributed by atoms with Gasteiger partial charge in [-0.25, -0.2) is 0 Å². The third-order valence-electron chi connectivity index (χ3n) is 2.89. The van der Waals surface area contributed by atoms with Crippen molar-refractivity contribution in [2.75, 3.05) is 12.5 Å². The maximum Gasteiger partial charge on any atom is 0.176 e. The molecule has 0 heterocycles. The van der Waals surface area contributed by atoms with E-state index in [4.69, 9.17) is 16.3 Å². The molecule has 18 heavy (non-hydrogen) atoms. The topological polar surface area (TPSA) is 33.0 Å². The fraction of sp³-hybridized carbons (Fsp3) is 0.267. The van der Waals surface area contributed by atoms with Crippen LogP contribution in [0.1, 0.15) is 12.0 Å². The van der Waals surface area contributed by atoms with Crippen LogP contribution in [0.2, 0.25) is 0 Å². The molecule has 1 aromatic rings. The molecule has 0 aliphatic heterocycles. The van der Waals surface area contributed by atoms with Crippen LogP contribution in [0.3, 0.4) is 0 Å². The zero-order valence-electron chi connectivity index (χ0n) is 9.97. The van der Waals surface area contributed by atoms with E-state index in [-0.39, 0.29) is 0 Å². The van der Waals surface area contributed by atoms with E-state index in [1.807, 2.05) is 36.4 Å². The summed E-state index contributed by atoms with van der Waals surface area (Å²) in [4.78, 5) is 0.